The summed E-state index contributed by atoms with van der Waals surface area (Å²) in [5, 5.41) is 75.8. The van der Waals surface area contributed by atoms with Gasteiger partial charge in [-0.2, -0.15) is 0 Å². The highest BCUT2D eigenvalue weighted by atomic mass is 16.4. The second-order valence-electron chi connectivity index (χ2n) is 19.5. The Hall–Kier alpha value is -3.91. The molecule has 11 atom stereocenters. The van der Waals surface area contributed by atoms with Gasteiger partial charge in [0.2, 0.25) is 11.8 Å². The molecule has 4 fully saturated rings. The van der Waals surface area contributed by atoms with Crippen LogP contribution in [0, 0.1) is 46.3 Å². The number of fused-ring (bicyclic) bond motifs is 5. The third-order valence-corrected chi connectivity index (χ3v) is 15.4. The number of carboxylic acids is 5. The molecule has 358 valence electrons. The van der Waals surface area contributed by atoms with E-state index in [-0.39, 0.29) is 97.4 Å². The summed E-state index contributed by atoms with van der Waals surface area (Å²) in [6.45, 7) is 4.56. The topological polar surface area (TPSA) is 295 Å². The molecule has 2 amide bonds. The fraction of sp³-hybridized carbons (Fsp3) is 0.841. The molecule has 4 aliphatic carbocycles. The first-order valence-electron chi connectivity index (χ1n) is 22.8. The summed E-state index contributed by atoms with van der Waals surface area (Å²) in [6.07, 6.45) is 7.54. The van der Waals surface area contributed by atoms with Crippen molar-refractivity contribution in [1.82, 2.24) is 25.3 Å². The van der Waals surface area contributed by atoms with E-state index in [1.54, 1.807) is 0 Å². The van der Waals surface area contributed by atoms with Crippen molar-refractivity contribution >= 4 is 41.7 Å². The van der Waals surface area contributed by atoms with Crippen LogP contribution in [-0.2, 0) is 33.6 Å². The lowest BCUT2D eigenvalue weighted by Crippen LogP contribution is -2.63. The van der Waals surface area contributed by atoms with Gasteiger partial charge in [0.1, 0.15) is 0 Å². The SMILES string of the molecule is C[C@H](CCC(=O)O)[C@H]1CCC2C3C(C[C@H](O)[C@@]21C)[C@@]1(C)CC[C@H](NC(=O)CCCCCNC(=O)CN(CCN(CCN(CC(=O)O)CC(=O)O)CC(=O)O)CC(=O)O)C[C@H]1C[C@H]3O. The van der Waals surface area contributed by atoms with Gasteiger partial charge in [-0.25, -0.2) is 0 Å². The van der Waals surface area contributed by atoms with E-state index < -0.39 is 74.1 Å². The summed E-state index contributed by atoms with van der Waals surface area (Å²) in [4.78, 5) is 86.3. The monoisotopic (exact) mass is 896 g/mol. The van der Waals surface area contributed by atoms with E-state index in [0.29, 0.717) is 51.5 Å². The molecule has 19 heteroatoms. The van der Waals surface area contributed by atoms with E-state index in [2.05, 4.69) is 31.4 Å². The van der Waals surface area contributed by atoms with Crippen LogP contribution in [0.5, 0.6) is 0 Å². The zero-order valence-electron chi connectivity index (χ0n) is 37.3. The van der Waals surface area contributed by atoms with Crippen LogP contribution >= 0.6 is 0 Å². The minimum atomic E-state index is -1.24. The van der Waals surface area contributed by atoms with Gasteiger partial charge >= 0.3 is 29.8 Å². The second-order valence-corrected chi connectivity index (χ2v) is 19.5. The van der Waals surface area contributed by atoms with Crippen LogP contribution in [0.3, 0.4) is 0 Å². The third-order valence-electron chi connectivity index (χ3n) is 15.4. The molecule has 19 nitrogen and oxygen atoms in total. The zero-order chi connectivity index (χ0) is 46.6. The first-order valence-corrected chi connectivity index (χ1v) is 22.8. The predicted octanol–water partition coefficient (Wildman–Crippen LogP) is 1.49. The number of aliphatic carboxylic acids is 5. The number of aliphatic hydroxyl groups excluding tert-OH is 2. The van der Waals surface area contributed by atoms with Gasteiger partial charge in [0.15, 0.2) is 0 Å². The van der Waals surface area contributed by atoms with Crippen molar-refractivity contribution in [2.75, 3.05) is 65.4 Å². The molecule has 0 radical (unpaired) electrons. The highest BCUT2D eigenvalue weighted by Crippen LogP contribution is 2.68. The predicted molar refractivity (Wildman–Crippen MR) is 227 cm³/mol. The summed E-state index contributed by atoms with van der Waals surface area (Å²) in [6, 6.07) is -0.00291. The van der Waals surface area contributed by atoms with E-state index in [0.717, 1.165) is 37.0 Å². The van der Waals surface area contributed by atoms with Crippen molar-refractivity contribution in [3.63, 3.8) is 0 Å². The number of carboxylic acid groups (broad SMARTS) is 5. The van der Waals surface area contributed by atoms with E-state index in [1.165, 1.54) is 9.80 Å². The second kappa shape index (κ2) is 23.3. The number of nitrogens with zero attached hydrogens (tertiary/aromatic N) is 3. The Morgan fingerprint density at radius 1 is 0.635 bits per heavy atom. The highest BCUT2D eigenvalue weighted by molar-refractivity contribution is 5.79. The average Bonchev–Trinajstić information content (AvgIpc) is 3.54. The molecule has 0 bridgehead atoms. The molecule has 9 N–H and O–H groups in total. The Morgan fingerprint density at radius 2 is 1.21 bits per heavy atom. The lowest BCUT2D eigenvalue weighted by molar-refractivity contribution is -0.202. The van der Waals surface area contributed by atoms with Gasteiger partial charge in [0.25, 0.3) is 0 Å². The number of hydrogen-bond donors (Lipinski definition) is 9. The summed E-state index contributed by atoms with van der Waals surface area (Å²) < 4.78 is 0. The molecule has 4 aliphatic rings. The maximum atomic E-state index is 13.1. The fourth-order valence-corrected chi connectivity index (χ4v) is 12.2. The number of carbonyl (C=O) groups excluding carboxylic acids is 2. The Balaban J connectivity index is 1.17. The Bertz CT molecular complexity index is 1600. The number of nitrogens with one attached hydrogen (secondary N) is 2. The van der Waals surface area contributed by atoms with Gasteiger partial charge in [0.05, 0.1) is 44.9 Å². The van der Waals surface area contributed by atoms with E-state index >= 15 is 0 Å². The number of aliphatic hydroxyl groups is 2. The van der Waals surface area contributed by atoms with Crippen LogP contribution in [-0.4, -0.2) is 176 Å². The van der Waals surface area contributed by atoms with Gasteiger partial charge in [-0.1, -0.05) is 27.2 Å². The third kappa shape index (κ3) is 14.3. The summed E-state index contributed by atoms with van der Waals surface area (Å²) >= 11 is 0. The summed E-state index contributed by atoms with van der Waals surface area (Å²) in [5.74, 6) is -5.10. The maximum absolute atomic E-state index is 13.1. The van der Waals surface area contributed by atoms with E-state index in [9.17, 15) is 59.1 Å². The quantitative estimate of drug-likeness (QED) is 0.0528. The molecule has 0 aromatic carbocycles. The standard InChI is InChI=1S/C44H73N5O14/c1-27(8-11-37(54)55)30-9-10-31-42-32(21-34(51)44(30,31)3)43(2)13-12-29(19-28(43)20-33(42)50)46-35(52)7-5-4-6-14-45-36(53)22-48(24-39(58)59)17-15-47(23-38(56)57)16-18-49(25-40(60)61)26-41(62)63/h27-34,42,50-51H,4-26H2,1-3H3,(H,45,53)(H,46,52)(H,54,55)(H,56,57)(H,58,59)(H,60,61)(H,62,63)/t27-,28+,29+,30-,31?,32?,33-,34+,42?,43+,44-/m1/s1. The van der Waals surface area contributed by atoms with Crippen LogP contribution in [0.1, 0.15) is 104 Å². The van der Waals surface area contributed by atoms with Gasteiger partial charge in [-0.15, -0.1) is 0 Å². The molecule has 0 heterocycles. The Morgan fingerprint density at radius 3 is 1.79 bits per heavy atom. The Labute approximate surface area is 369 Å². The van der Waals surface area contributed by atoms with Crippen molar-refractivity contribution in [3.8, 4) is 0 Å². The van der Waals surface area contributed by atoms with Crippen LogP contribution in [0.4, 0.5) is 0 Å². The van der Waals surface area contributed by atoms with Gasteiger partial charge in [-0.05, 0) is 111 Å². The minimum absolute atomic E-state index is 0.00291. The molecule has 0 aliphatic heterocycles. The minimum Gasteiger partial charge on any atom is -0.481 e. The molecule has 4 saturated carbocycles. The Kier molecular flexibility index (Phi) is 19.2. The molecule has 0 aromatic heterocycles. The highest BCUT2D eigenvalue weighted by Gasteiger charge is 2.65. The maximum Gasteiger partial charge on any atom is 0.317 e. The number of rotatable bonds is 27. The lowest BCUT2D eigenvalue weighted by atomic mass is 9.43. The molecule has 3 unspecified atom stereocenters. The zero-order valence-corrected chi connectivity index (χ0v) is 37.3. The van der Waals surface area contributed by atoms with Gasteiger partial charge in [-0.3, -0.25) is 48.3 Å². The summed E-state index contributed by atoms with van der Waals surface area (Å²) in [7, 11) is 0. The first kappa shape index (κ1) is 51.7. The molecule has 0 spiro atoms. The lowest BCUT2D eigenvalue weighted by Gasteiger charge is -2.63. The number of hydrogen-bond acceptors (Lipinski definition) is 12. The largest absolute Gasteiger partial charge is 0.481 e. The molecule has 63 heavy (non-hydrogen) atoms. The van der Waals surface area contributed by atoms with Crippen LogP contribution < -0.4 is 10.6 Å². The smallest absolute Gasteiger partial charge is 0.317 e. The van der Waals surface area contributed by atoms with E-state index in [4.69, 9.17) is 10.2 Å². The number of carbonyl (C=O) groups is 7. The van der Waals surface area contributed by atoms with Crippen molar-refractivity contribution in [1.29, 1.82) is 0 Å². The number of amides is 2. The molecule has 0 aromatic rings. The van der Waals surface area contributed by atoms with Crippen LogP contribution in [0.2, 0.25) is 0 Å². The van der Waals surface area contributed by atoms with Crippen molar-refractivity contribution < 1.29 is 69.3 Å². The molecule has 4 rings (SSSR count). The van der Waals surface area contributed by atoms with Crippen molar-refractivity contribution in [2.24, 2.45) is 46.3 Å². The average molecular weight is 896 g/mol. The van der Waals surface area contributed by atoms with Gasteiger partial charge in [0, 0.05) is 51.6 Å². The van der Waals surface area contributed by atoms with Crippen LogP contribution in [0.25, 0.3) is 0 Å². The normalized spacial score (nSPS) is 30.5. The summed E-state index contributed by atoms with van der Waals surface area (Å²) in [5.41, 5.74) is -0.418. The van der Waals surface area contributed by atoms with Crippen molar-refractivity contribution in [3.05, 3.63) is 0 Å². The molecular weight excluding hydrogens is 823 g/mol. The molecular formula is C44H73N5O14. The molecule has 0 saturated heterocycles. The first-order chi connectivity index (χ1) is 29.6. The van der Waals surface area contributed by atoms with Gasteiger partial charge < -0.3 is 46.4 Å². The van der Waals surface area contributed by atoms with Crippen LogP contribution in [0.15, 0.2) is 0 Å². The number of unbranched alkanes of at least 4 members (excludes halogenated alkanes) is 2. The van der Waals surface area contributed by atoms with Crippen molar-refractivity contribution in [2.45, 2.75) is 122 Å². The fourth-order valence-electron chi connectivity index (χ4n) is 12.2. The van der Waals surface area contributed by atoms with E-state index in [1.807, 2.05) is 0 Å².